The Balaban J connectivity index is 1.42. The molecule has 2 aromatic heterocycles. The van der Waals surface area contributed by atoms with Crippen LogP contribution >= 0.6 is 0 Å². The number of nitrogens with zero attached hydrogens (tertiary/aromatic N) is 4. The Morgan fingerprint density at radius 3 is 2.76 bits per heavy atom. The van der Waals surface area contributed by atoms with Crippen LogP contribution in [0.25, 0.3) is 0 Å². The molecule has 0 spiro atoms. The maximum atomic E-state index is 12.0. The molecule has 0 bridgehead atoms. The summed E-state index contributed by atoms with van der Waals surface area (Å²) in [6, 6.07) is 4.05. The number of aryl methyl sites for hydroxylation is 1. The molecule has 0 aliphatic carbocycles. The van der Waals surface area contributed by atoms with Gasteiger partial charge in [0.05, 0.1) is 0 Å². The first-order chi connectivity index (χ1) is 12.1. The summed E-state index contributed by atoms with van der Waals surface area (Å²) >= 11 is 0. The van der Waals surface area contributed by atoms with Crippen LogP contribution in [0.15, 0.2) is 22.9 Å². The minimum absolute atomic E-state index is 0.0343. The van der Waals surface area contributed by atoms with E-state index < -0.39 is 0 Å². The lowest BCUT2D eigenvalue weighted by atomic mass is 10.2. The molecule has 0 saturated carbocycles. The maximum absolute atomic E-state index is 12.0. The fourth-order valence-corrected chi connectivity index (χ4v) is 2.77. The van der Waals surface area contributed by atoms with Crippen LogP contribution in [0.5, 0.6) is 0 Å². The minimum Gasteiger partial charge on any atom is -0.357 e. The van der Waals surface area contributed by atoms with Gasteiger partial charge in [-0.2, -0.15) is 4.98 Å². The van der Waals surface area contributed by atoms with Crippen LogP contribution in [0, 0.1) is 0 Å². The van der Waals surface area contributed by atoms with Crippen molar-refractivity contribution in [3.05, 3.63) is 35.6 Å². The Kier molecular flexibility index (Phi) is 5.63. The number of pyridine rings is 1. The van der Waals surface area contributed by atoms with E-state index in [0.29, 0.717) is 31.1 Å². The molecule has 0 aromatic carbocycles. The number of hydrogen-bond acceptors (Lipinski definition) is 6. The summed E-state index contributed by atoms with van der Waals surface area (Å²) in [7, 11) is 0. The summed E-state index contributed by atoms with van der Waals surface area (Å²) in [5.74, 6) is 2.40. The molecule has 7 heteroatoms. The molecule has 0 unspecified atom stereocenters. The van der Waals surface area contributed by atoms with E-state index in [1.807, 2.05) is 32.2 Å². The molecular formula is C18H25N5O2. The second kappa shape index (κ2) is 8.09. The van der Waals surface area contributed by atoms with Gasteiger partial charge in [-0.25, -0.2) is 4.98 Å². The number of aromatic nitrogens is 3. The van der Waals surface area contributed by atoms with E-state index >= 15 is 0 Å². The van der Waals surface area contributed by atoms with Crippen molar-refractivity contribution in [2.75, 3.05) is 18.0 Å². The van der Waals surface area contributed by atoms with E-state index in [4.69, 9.17) is 4.52 Å². The van der Waals surface area contributed by atoms with Gasteiger partial charge in [0.1, 0.15) is 5.82 Å². The van der Waals surface area contributed by atoms with Gasteiger partial charge in [-0.1, -0.05) is 25.1 Å². The van der Waals surface area contributed by atoms with Crippen LogP contribution in [0.2, 0.25) is 0 Å². The van der Waals surface area contributed by atoms with E-state index in [9.17, 15) is 4.79 Å². The predicted octanol–water partition coefficient (Wildman–Crippen LogP) is 2.44. The number of rotatable bonds is 7. The van der Waals surface area contributed by atoms with Gasteiger partial charge in [-0.05, 0) is 24.5 Å². The van der Waals surface area contributed by atoms with Gasteiger partial charge in [0.2, 0.25) is 11.8 Å². The SMILES string of the molecule is CC(C)c1noc(CCC(=O)NCc2ccc(N3CCCC3)nc2)n1. The largest absolute Gasteiger partial charge is 0.357 e. The molecule has 1 aliphatic heterocycles. The smallest absolute Gasteiger partial charge is 0.227 e. The van der Waals surface area contributed by atoms with Gasteiger partial charge < -0.3 is 14.7 Å². The van der Waals surface area contributed by atoms with Gasteiger partial charge in [0.25, 0.3) is 0 Å². The van der Waals surface area contributed by atoms with E-state index in [1.165, 1.54) is 12.8 Å². The molecule has 1 saturated heterocycles. The number of amides is 1. The maximum Gasteiger partial charge on any atom is 0.227 e. The molecule has 2 aromatic rings. The lowest BCUT2D eigenvalue weighted by Crippen LogP contribution is -2.23. The zero-order valence-electron chi connectivity index (χ0n) is 14.9. The van der Waals surface area contributed by atoms with Crippen molar-refractivity contribution in [3.8, 4) is 0 Å². The lowest BCUT2D eigenvalue weighted by Gasteiger charge is -2.16. The molecule has 0 radical (unpaired) electrons. The standard InChI is InChI=1S/C18H25N5O2/c1-13(2)18-21-17(25-22-18)8-7-16(24)20-12-14-5-6-15(19-11-14)23-9-3-4-10-23/h5-6,11,13H,3-4,7-10,12H2,1-2H3,(H,20,24). The highest BCUT2D eigenvalue weighted by atomic mass is 16.5. The van der Waals surface area contributed by atoms with Crippen molar-refractivity contribution < 1.29 is 9.32 Å². The molecule has 0 atom stereocenters. The first-order valence-corrected chi connectivity index (χ1v) is 8.91. The summed E-state index contributed by atoms with van der Waals surface area (Å²) in [5, 5.41) is 6.80. The zero-order valence-corrected chi connectivity index (χ0v) is 14.9. The van der Waals surface area contributed by atoms with Crippen molar-refractivity contribution in [1.82, 2.24) is 20.4 Å². The van der Waals surface area contributed by atoms with Crippen molar-refractivity contribution in [3.63, 3.8) is 0 Å². The minimum atomic E-state index is -0.0343. The Morgan fingerprint density at radius 1 is 1.32 bits per heavy atom. The zero-order chi connectivity index (χ0) is 17.6. The van der Waals surface area contributed by atoms with Crippen LogP contribution in [0.3, 0.4) is 0 Å². The van der Waals surface area contributed by atoms with E-state index in [2.05, 4.69) is 25.3 Å². The second-order valence-electron chi connectivity index (χ2n) is 6.70. The van der Waals surface area contributed by atoms with Crippen LogP contribution in [0.4, 0.5) is 5.82 Å². The van der Waals surface area contributed by atoms with Gasteiger partial charge in [0.15, 0.2) is 5.82 Å². The van der Waals surface area contributed by atoms with Crippen LogP contribution in [-0.2, 0) is 17.8 Å². The third-order valence-electron chi connectivity index (χ3n) is 4.29. The Morgan fingerprint density at radius 2 is 2.12 bits per heavy atom. The highest BCUT2D eigenvalue weighted by molar-refractivity contribution is 5.76. The fraction of sp³-hybridized carbons (Fsp3) is 0.556. The quantitative estimate of drug-likeness (QED) is 0.831. The summed E-state index contributed by atoms with van der Waals surface area (Å²) < 4.78 is 5.15. The van der Waals surface area contributed by atoms with Crippen molar-refractivity contribution in [1.29, 1.82) is 0 Å². The molecule has 1 N–H and O–H groups in total. The summed E-state index contributed by atoms with van der Waals surface area (Å²) in [6.07, 6.45) is 5.09. The average Bonchev–Trinajstić information content (AvgIpc) is 3.30. The first-order valence-electron chi connectivity index (χ1n) is 8.91. The van der Waals surface area contributed by atoms with Crippen LogP contribution in [0.1, 0.15) is 56.3 Å². The summed E-state index contributed by atoms with van der Waals surface area (Å²) in [6.45, 7) is 6.65. The van der Waals surface area contributed by atoms with Crippen LogP contribution in [-0.4, -0.2) is 34.1 Å². The molecule has 134 valence electrons. The van der Waals surface area contributed by atoms with E-state index in [1.54, 1.807) is 0 Å². The normalized spacial score (nSPS) is 14.3. The number of carbonyl (C=O) groups excluding carboxylic acids is 1. The molecule has 1 amide bonds. The highest BCUT2D eigenvalue weighted by Gasteiger charge is 2.13. The molecular weight excluding hydrogens is 318 g/mol. The highest BCUT2D eigenvalue weighted by Crippen LogP contribution is 2.17. The monoisotopic (exact) mass is 343 g/mol. The van der Waals surface area contributed by atoms with Gasteiger partial charge in [-0.3, -0.25) is 4.79 Å². The van der Waals surface area contributed by atoms with Crippen molar-refractivity contribution in [2.45, 2.75) is 52.0 Å². The van der Waals surface area contributed by atoms with E-state index in [0.717, 1.165) is 24.5 Å². The molecule has 7 nitrogen and oxygen atoms in total. The third kappa shape index (κ3) is 4.78. The number of anilines is 1. The summed E-state index contributed by atoms with van der Waals surface area (Å²) in [4.78, 5) is 23.0. The van der Waals surface area contributed by atoms with E-state index in [-0.39, 0.29) is 11.8 Å². The molecule has 25 heavy (non-hydrogen) atoms. The second-order valence-corrected chi connectivity index (χ2v) is 6.70. The number of nitrogens with one attached hydrogen (secondary N) is 1. The van der Waals surface area contributed by atoms with Crippen LogP contribution < -0.4 is 10.2 Å². The lowest BCUT2D eigenvalue weighted by molar-refractivity contribution is -0.121. The Hall–Kier alpha value is -2.44. The summed E-state index contributed by atoms with van der Waals surface area (Å²) in [5.41, 5.74) is 0.996. The van der Waals surface area contributed by atoms with Gasteiger partial charge in [0, 0.05) is 44.6 Å². The molecule has 3 rings (SSSR count). The number of carbonyl (C=O) groups is 1. The molecule has 3 heterocycles. The topological polar surface area (TPSA) is 84.2 Å². The van der Waals surface area contributed by atoms with Crippen molar-refractivity contribution in [2.24, 2.45) is 0 Å². The average molecular weight is 343 g/mol. The molecule has 1 fully saturated rings. The van der Waals surface area contributed by atoms with Gasteiger partial charge >= 0.3 is 0 Å². The third-order valence-corrected chi connectivity index (χ3v) is 4.29. The number of hydrogen-bond donors (Lipinski definition) is 1. The Labute approximate surface area is 147 Å². The van der Waals surface area contributed by atoms with Gasteiger partial charge in [-0.15, -0.1) is 0 Å². The van der Waals surface area contributed by atoms with Crippen molar-refractivity contribution >= 4 is 11.7 Å². The Bertz CT molecular complexity index is 690. The fourth-order valence-electron chi connectivity index (χ4n) is 2.77. The predicted molar refractivity (Wildman–Crippen MR) is 94.2 cm³/mol. The first kappa shape index (κ1) is 17.4. The molecule has 1 aliphatic rings.